The number of piperidine rings is 1. The van der Waals surface area contributed by atoms with Crippen molar-refractivity contribution in [2.75, 3.05) is 13.1 Å². The third-order valence-corrected chi connectivity index (χ3v) is 6.05. The van der Waals surface area contributed by atoms with Gasteiger partial charge in [-0.05, 0) is 71.7 Å². The molecule has 0 radical (unpaired) electrons. The van der Waals surface area contributed by atoms with Gasteiger partial charge in [0.1, 0.15) is 5.82 Å². The SMILES string of the molecule is O=C(Cc1cccc(F)c1)N1CCC(Cc2ccc(COCc3ccncc3)cc2)CC1. The molecule has 0 spiro atoms. The summed E-state index contributed by atoms with van der Waals surface area (Å²) in [7, 11) is 0. The van der Waals surface area contributed by atoms with Crippen molar-refractivity contribution in [1.29, 1.82) is 0 Å². The first kappa shape index (κ1) is 22.2. The van der Waals surface area contributed by atoms with Gasteiger partial charge >= 0.3 is 0 Å². The van der Waals surface area contributed by atoms with Gasteiger partial charge in [-0.1, -0.05) is 36.4 Å². The second-order valence-corrected chi connectivity index (χ2v) is 8.50. The summed E-state index contributed by atoms with van der Waals surface area (Å²) in [6.45, 7) is 2.73. The Kier molecular flexibility index (Phi) is 7.62. The van der Waals surface area contributed by atoms with Crippen molar-refractivity contribution in [3.8, 4) is 0 Å². The Hall–Kier alpha value is -3.05. The lowest BCUT2D eigenvalue weighted by Crippen LogP contribution is -2.39. The number of halogens is 1. The van der Waals surface area contributed by atoms with Crippen molar-refractivity contribution in [2.45, 2.75) is 38.9 Å². The summed E-state index contributed by atoms with van der Waals surface area (Å²) in [5.41, 5.74) is 4.35. The number of nitrogens with zero attached hydrogens (tertiary/aromatic N) is 2. The van der Waals surface area contributed by atoms with E-state index in [9.17, 15) is 9.18 Å². The Labute approximate surface area is 189 Å². The van der Waals surface area contributed by atoms with E-state index in [1.807, 2.05) is 23.1 Å². The molecule has 32 heavy (non-hydrogen) atoms. The average molecular weight is 433 g/mol. The van der Waals surface area contributed by atoms with Gasteiger partial charge in [-0.2, -0.15) is 0 Å². The third-order valence-electron chi connectivity index (χ3n) is 6.05. The summed E-state index contributed by atoms with van der Waals surface area (Å²) >= 11 is 0. The van der Waals surface area contributed by atoms with Crippen molar-refractivity contribution in [3.63, 3.8) is 0 Å². The molecule has 0 saturated carbocycles. The van der Waals surface area contributed by atoms with Crippen LogP contribution in [0.2, 0.25) is 0 Å². The normalized spacial score (nSPS) is 14.5. The molecule has 166 valence electrons. The fourth-order valence-electron chi connectivity index (χ4n) is 4.19. The lowest BCUT2D eigenvalue weighted by Gasteiger charge is -2.32. The number of likely N-dealkylation sites (tertiary alicyclic amines) is 1. The van der Waals surface area contributed by atoms with Crippen molar-refractivity contribution in [1.82, 2.24) is 9.88 Å². The molecule has 0 bridgehead atoms. The van der Waals surface area contributed by atoms with Crippen LogP contribution in [0.3, 0.4) is 0 Å². The van der Waals surface area contributed by atoms with E-state index in [-0.39, 0.29) is 18.1 Å². The Morgan fingerprint density at radius 1 is 0.906 bits per heavy atom. The van der Waals surface area contributed by atoms with E-state index in [4.69, 9.17) is 4.74 Å². The standard InChI is InChI=1S/C27H29FN2O2/c28-26-3-1-2-25(17-26)18-27(31)30-14-10-22(11-15-30)16-21-4-6-23(7-5-21)19-32-20-24-8-12-29-13-9-24/h1-9,12-13,17,22H,10-11,14-16,18-20H2. The van der Waals surface area contributed by atoms with E-state index in [1.54, 1.807) is 18.5 Å². The number of rotatable bonds is 8. The van der Waals surface area contributed by atoms with Gasteiger partial charge in [0, 0.05) is 25.5 Å². The van der Waals surface area contributed by atoms with E-state index >= 15 is 0 Å². The van der Waals surface area contributed by atoms with E-state index in [2.05, 4.69) is 29.2 Å². The number of carbonyl (C=O) groups excluding carboxylic acids is 1. The second-order valence-electron chi connectivity index (χ2n) is 8.50. The molecule has 2 aromatic carbocycles. The van der Waals surface area contributed by atoms with Crippen LogP contribution in [0, 0.1) is 11.7 Å². The van der Waals surface area contributed by atoms with Crippen molar-refractivity contribution >= 4 is 5.91 Å². The summed E-state index contributed by atoms with van der Waals surface area (Å²) in [6.07, 6.45) is 6.87. The number of benzene rings is 2. The molecule has 0 unspecified atom stereocenters. The van der Waals surface area contributed by atoms with E-state index in [1.165, 1.54) is 23.3 Å². The highest BCUT2D eigenvalue weighted by Crippen LogP contribution is 2.23. The summed E-state index contributed by atoms with van der Waals surface area (Å²) in [5.74, 6) is 0.382. The molecule has 5 heteroatoms. The van der Waals surface area contributed by atoms with Crippen molar-refractivity contribution in [3.05, 3.63) is 101 Å². The molecule has 0 aliphatic carbocycles. The number of aromatic nitrogens is 1. The summed E-state index contributed by atoms with van der Waals surface area (Å²) < 4.78 is 19.1. The monoisotopic (exact) mass is 432 g/mol. The number of hydrogen-bond donors (Lipinski definition) is 0. The van der Waals surface area contributed by atoms with Crippen LogP contribution in [0.25, 0.3) is 0 Å². The molecule has 4 nitrogen and oxygen atoms in total. The van der Waals surface area contributed by atoms with Gasteiger partial charge in [-0.15, -0.1) is 0 Å². The average Bonchev–Trinajstić information content (AvgIpc) is 2.81. The van der Waals surface area contributed by atoms with Crippen molar-refractivity contribution in [2.24, 2.45) is 5.92 Å². The summed E-state index contributed by atoms with van der Waals surface area (Å²) in [4.78, 5) is 18.5. The van der Waals surface area contributed by atoms with E-state index in [0.717, 1.165) is 43.5 Å². The maximum atomic E-state index is 13.3. The first-order chi connectivity index (χ1) is 15.7. The topological polar surface area (TPSA) is 42.4 Å². The molecule has 1 aliphatic rings. The van der Waals surface area contributed by atoms with E-state index < -0.39 is 0 Å². The minimum Gasteiger partial charge on any atom is -0.372 e. The third kappa shape index (κ3) is 6.47. The van der Waals surface area contributed by atoms with Crippen LogP contribution in [-0.4, -0.2) is 28.9 Å². The zero-order valence-corrected chi connectivity index (χ0v) is 18.3. The maximum absolute atomic E-state index is 13.3. The summed E-state index contributed by atoms with van der Waals surface area (Å²) in [5, 5.41) is 0. The minimum absolute atomic E-state index is 0.0881. The molecule has 1 aliphatic heterocycles. The smallest absolute Gasteiger partial charge is 0.226 e. The molecule has 2 heterocycles. The number of carbonyl (C=O) groups is 1. The quantitative estimate of drug-likeness (QED) is 0.505. The number of pyridine rings is 1. The molecular formula is C27H29FN2O2. The highest BCUT2D eigenvalue weighted by atomic mass is 19.1. The molecule has 1 fully saturated rings. The predicted octanol–water partition coefficient (Wildman–Crippen LogP) is 4.96. The van der Waals surface area contributed by atoms with Crippen LogP contribution >= 0.6 is 0 Å². The Morgan fingerprint density at radius 3 is 2.25 bits per heavy atom. The summed E-state index contributed by atoms with van der Waals surface area (Å²) in [6, 6.07) is 18.9. The van der Waals surface area contributed by atoms with Crippen LogP contribution in [0.4, 0.5) is 4.39 Å². The predicted molar refractivity (Wildman–Crippen MR) is 122 cm³/mol. The lowest BCUT2D eigenvalue weighted by atomic mass is 9.89. The zero-order valence-electron chi connectivity index (χ0n) is 18.3. The number of hydrogen-bond acceptors (Lipinski definition) is 3. The van der Waals surface area contributed by atoms with Gasteiger partial charge in [-0.25, -0.2) is 4.39 Å². The van der Waals surface area contributed by atoms with Gasteiger partial charge < -0.3 is 9.64 Å². The van der Waals surface area contributed by atoms with Crippen LogP contribution in [-0.2, 0) is 35.6 Å². The lowest BCUT2D eigenvalue weighted by molar-refractivity contribution is -0.131. The highest BCUT2D eigenvalue weighted by Gasteiger charge is 2.23. The molecule has 3 aromatic rings. The van der Waals surface area contributed by atoms with Gasteiger partial charge in [0.15, 0.2) is 0 Å². The maximum Gasteiger partial charge on any atom is 0.226 e. The molecule has 0 N–H and O–H groups in total. The minimum atomic E-state index is -0.291. The van der Waals surface area contributed by atoms with E-state index in [0.29, 0.717) is 19.1 Å². The molecule has 4 rings (SSSR count). The van der Waals surface area contributed by atoms with Crippen LogP contribution < -0.4 is 0 Å². The zero-order chi connectivity index (χ0) is 22.2. The number of ether oxygens (including phenoxy) is 1. The van der Waals surface area contributed by atoms with Crippen molar-refractivity contribution < 1.29 is 13.9 Å². The first-order valence-electron chi connectivity index (χ1n) is 11.2. The fourth-order valence-corrected chi connectivity index (χ4v) is 4.19. The largest absolute Gasteiger partial charge is 0.372 e. The van der Waals surface area contributed by atoms with Crippen LogP contribution in [0.15, 0.2) is 73.1 Å². The van der Waals surface area contributed by atoms with Crippen LogP contribution in [0.5, 0.6) is 0 Å². The van der Waals surface area contributed by atoms with Gasteiger partial charge in [0.25, 0.3) is 0 Å². The molecule has 1 saturated heterocycles. The Balaban J connectivity index is 1.19. The fraction of sp³-hybridized carbons (Fsp3) is 0.333. The Bertz CT molecular complexity index is 1000. The first-order valence-corrected chi connectivity index (χ1v) is 11.2. The second kappa shape index (κ2) is 11.0. The van der Waals surface area contributed by atoms with Crippen LogP contribution in [0.1, 0.15) is 35.1 Å². The number of amides is 1. The molecule has 1 amide bonds. The molecular weight excluding hydrogens is 403 g/mol. The van der Waals surface area contributed by atoms with Gasteiger partial charge in [-0.3, -0.25) is 9.78 Å². The molecule has 0 atom stereocenters. The van der Waals surface area contributed by atoms with Gasteiger partial charge in [0.2, 0.25) is 5.91 Å². The Morgan fingerprint density at radius 2 is 1.56 bits per heavy atom. The highest BCUT2D eigenvalue weighted by molar-refractivity contribution is 5.78. The molecule has 1 aromatic heterocycles. The van der Waals surface area contributed by atoms with Gasteiger partial charge in [0.05, 0.1) is 19.6 Å².